The standard InChI is InChI=1S/C13H10N4O/c1-8-2-4-9(5-3-8)11-14-6-10-12(17-11)15-7-16-13(10)18/h2-7H,1H3,(H,14,15,16,17,18). The highest BCUT2D eigenvalue weighted by Gasteiger charge is 2.05. The quantitative estimate of drug-likeness (QED) is 0.700. The lowest BCUT2D eigenvalue weighted by Gasteiger charge is -2.01. The first kappa shape index (κ1) is 10.6. The molecule has 0 saturated heterocycles. The van der Waals surface area contributed by atoms with Crippen molar-refractivity contribution in [1.29, 1.82) is 0 Å². The Hall–Kier alpha value is -2.56. The highest BCUT2D eigenvalue weighted by atomic mass is 16.1. The maximum Gasteiger partial charge on any atom is 0.261 e. The monoisotopic (exact) mass is 238 g/mol. The Morgan fingerprint density at radius 3 is 2.67 bits per heavy atom. The third kappa shape index (κ3) is 1.75. The number of hydrogen-bond acceptors (Lipinski definition) is 4. The van der Waals surface area contributed by atoms with Crippen LogP contribution in [-0.4, -0.2) is 19.9 Å². The first-order valence-electron chi connectivity index (χ1n) is 5.51. The Bertz CT molecular complexity index is 762. The number of rotatable bonds is 1. The first-order chi connectivity index (χ1) is 8.74. The van der Waals surface area contributed by atoms with Gasteiger partial charge in [-0.25, -0.2) is 15.0 Å². The largest absolute Gasteiger partial charge is 0.312 e. The average molecular weight is 238 g/mol. The number of aromatic amines is 1. The number of aryl methyl sites for hydroxylation is 1. The molecule has 1 aromatic carbocycles. The molecule has 0 aliphatic rings. The summed E-state index contributed by atoms with van der Waals surface area (Å²) in [6.07, 6.45) is 2.85. The van der Waals surface area contributed by atoms with E-state index in [4.69, 9.17) is 0 Å². The summed E-state index contributed by atoms with van der Waals surface area (Å²) in [5.41, 5.74) is 2.26. The zero-order chi connectivity index (χ0) is 12.5. The fraction of sp³-hybridized carbons (Fsp3) is 0.0769. The maximum atomic E-state index is 11.5. The second-order valence-corrected chi connectivity index (χ2v) is 4.03. The van der Waals surface area contributed by atoms with Gasteiger partial charge in [0.1, 0.15) is 5.39 Å². The van der Waals surface area contributed by atoms with Gasteiger partial charge in [0.05, 0.1) is 6.33 Å². The van der Waals surface area contributed by atoms with Crippen LogP contribution >= 0.6 is 0 Å². The Morgan fingerprint density at radius 1 is 1.11 bits per heavy atom. The lowest BCUT2D eigenvalue weighted by Crippen LogP contribution is -2.08. The minimum absolute atomic E-state index is 0.226. The van der Waals surface area contributed by atoms with Gasteiger partial charge in [-0.05, 0) is 6.92 Å². The third-order valence-corrected chi connectivity index (χ3v) is 2.71. The molecule has 0 unspecified atom stereocenters. The number of hydrogen-bond donors (Lipinski definition) is 1. The van der Waals surface area contributed by atoms with E-state index in [0.717, 1.165) is 5.56 Å². The van der Waals surface area contributed by atoms with E-state index < -0.39 is 0 Å². The van der Waals surface area contributed by atoms with Crippen LogP contribution in [-0.2, 0) is 0 Å². The van der Waals surface area contributed by atoms with E-state index >= 15 is 0 Å². The van der Waals surface area contributed by atoms with Gasteiger partial charge in [0.2, 0.25) is 0 Å². The van der Waals surface area contributed by atoms with Gasteiger partial charge >= 0.3 is 0 Å². The van der Waals surface area contributed by atoms with Crippen molar-refractivity contribution in [2.75, 3.05) is 0 Å². The summed E-state index contributed by atoms with van der Waals surface area (Å²) < 4.78 is 0. The Balaban J connectivity index is 2.19. The van der Waals surface area contributed by atoms with Crippen LogP contribution < -0.4 is 5.56 Å². The van der Waals surface area contributed by atoms with Crippen molar-refractivity contribution in [2.45, 2.75) is 6.92 Å². The first-order valence-corrected chi connectivity index (χ1v) is 5.51. The molecule has 2 heterocycles. The summed E-state index contributed by atoms with van der Waals surface area (Å²) in [4.78, 5) is 26.5. The number of H-pyrrole nitrogens is 1. The average Bonchev–Trinajstić information content (AvgIpc) is 2.39. The molecule has 0 spiro atoms. The SMILES string of the molecule is Cc1ccc(-c2ncc3c(=O)[nH]cnc3n2)cc1. The summed E-state index contributed by atoms with van der Waals surface area (Å²) in [6, 6.07) is 7.88. The molecule has 0 aliphatic heterocycles. The van der Waals surface area contributed by atoms with E-state index in [9.17, 15) is 4.79 Å². The van der Waals surface area contributed by atoms with Crippen LogP contribution in [0.15, 0.2) is 41.6 Å². The number of nitrogens with zero attached hydrogens (tertiary/aromatic N) is 3. The zero-order valence-electron chi connectivity index (χ0n) is 9.71. The van der Waals surface area contributed by atoms with E-state index in [0.29, 0.717) is 16.9 Å². The molecule has 3 aromatic rings. The van der Waals surface area contributed by atoms with Gasteiger partial charge in [-0.3, -0.25) is 4.79 Å². The summed E-state index contributed by atoms with van der Waals surface area (Å²) in [7, 11) is 0. The van der Waals surface area contributed by atoms with E-state index in [1.165, 1.54) is 18.1 Å². The Labute approximate surface area is 103 Å². The second-order valence-electron chi connectivity index (χ2n) is 4.03. The van der Waals surface area contributed by atoms with Gasteiger partial charge in [-0.2, -0.15) is 0 Å². The van der Waals surface area contributed by atoms with Crippen LogP contribution in [0.3, 0.4) is 0 Å². The maximum absolute atomic E-state index is 11.5. The van der Waals surface area contributed by atoms with E-state index in [1.54, 1.807) is 0 Å². The van der Waals surface area contributed by atoms with Crippen LogP contribution in [0.4, 0.5) is 0 Å². The Kier molecular flexibility index (Phi) is 2.37. The summed E-state index contributed by atoms with van der Waals surface area (Å²) in [5.74, 6) is 0.570. The molecule has 18 heavy (non-hydrogen) atoms. The normalized spacial score (nSPS) is 10.7. The van der Waals surface area contributed by atoms with Gasteiger partial charge in [0.15, 0.2) is 11.5 Å². The zero-order valence-corrected chi connectivity index (χ0v) is 9.71. The highest BCUT2D eigenvalue weighted by Crippen LogP contribution is 2.16. The van der Waals surface area contributed by atoms with Gasteiger partial charge in [-0.15, -0.1) is 0 Å². The summed E-state index contributed by atoms with van der Waals surface area (Å²) >= 11 is 0. The van der Waals surface area contributed by atoms with Gasteiger partial charge < -0.3 is 4.98 Å². The fourth-order valence-electron chi connectivity index (χ4n) is 1.70. The molecule has 1 N–H and O–H groups in total. The van der Waals surface area contributed by atoms with Crippen molar-refractivity contribution in [1.82, 2.24) is 19.9 Å². The predicted molar refractivity (Wildman–Crippen MR) is 68.1 cm³/mol. The molecule has 3 rings (SSSR count). The van der Waals surface area contributed by atoms with Gasteiger partial charge in [-0.1, -0.05) is 29.8 Å². The topological polar surface area (TPSA) is 71.5 Å². The second kappa shape index (κ2) is 4.03. The molecule has 0 bridgehead atoms. The molecular weight excluding hydrogens is 228 g/mol. The van der Waals surface area contributed by atoms with E-state index in [-0.39, 0.29) is 5.56 Å². The van der Waals surface area contributed by atoms with Crippen molar-refractivity contribution in [3.63, 3.8) is 0 Å². The Morgan fingerprint density at radius 2 is 1.89 bits per heavy atom. The summed E-state index contributed by atoms with van der Waals surface area (Å²) in [6.45, 7) is 2.02. The van der Waals surface area contributed by atoms with Crippen LogP contribution in [0.1, 0.15) is 5.56 Å². The minimum Gasteiger partial charge on any atom is -0.312 e. The molecule has 0 fully saturated rings. The van der Waals surface area contributed by atoms with Crippen LogP contribution in [0.5, 0.6) is 0 Å². The van der Waals surface area contributed by atoms with E-state index in [1.807, 2.05) is 31.2 Å². The van der Waals surface area contributed by atoms with Crippen molar-refractivity contribution in [3.8, 4) is 11.4 Å². The molecule has 2 aromatic heterocycles. The number of nitrogens with one attached hydrogen (secondary N) is 1. The lowest BCUT2D eigenvalue weighted by molar-refractivity contribution is 1.11. The molecule has 0 radical (unpaired) electrons. The van der Waals surface area contributed by atoms with Crippen molar-refractivity contribution < 1.29 is 0 Å². The summed E-state index contributed by atoms with van der Waals surface area (Å²) in [5, 5.41) is 0.397. The van der Waals surface area contributed by atoms with E-state index in [2.05, 4.69) is 19.9 Å². The van der Waals surface area contributed by atoms with Crippen LogP contribution in [0.2, 0.25) is 0 Å². The van der Waals surface area contributed by atoms with Gasteiger partial charge in [0.25, 0.3) is 5.56 Å². The highest BCUT2D eigenvalue weighted by molar-refractivity contribution is 5.74. The fourth-order valence-corrected chi connectivity index (χ4v) is 1.70. The number of benzene rings is 1. The molecule has 0 amide bonds. The van der Waals surface area contributed by atoms with Crippen molar-refractivity contribution in [3.05, 3.63) is 52.7 Å². The molecular formula is C13H10N4O. The van der Waals surface area contributed by atoms with Crippen LogP contribution in [0, 0.1) is 6.92 Å². The smallest absolute Gasteiger partial charge is 0.261 e. The molecule has 0 atom stereocenters. The molecule has 5 nitrogen and oxygen atoms in total. The minimum atomic E-state index is -0.226. The van der Waals surface area contributed by atoms with Crippen LogP contribution in [0.25, 0.3) is 22.4 Å². The van der Waals surface area contributed by atoms with Gasteiger partial charge in [0, 0.05) is 11.8 Å². The van der Waals surface area contributed by atoms with Crippen molar-refractivity contribution in [2.24, 2.45) is 0 Å². The number of fused-ring (bicyclic) bond motifs is 1. The lowest BCUT2D eigenvalue weighted by atomic mass is 10.1. The molecule has 5 heteroatoms. The third-order valence-electron chi connectivity index (χ3n) is 2.71. The van der Waals surface area contributed by atoms with Crippen molar-refractivity contribution >= 4 is 11.0 Å². The number of aromatic nitrogens is 4. The molecule has 0 saturated carbocycles. The molecule has 88 valence electrons. The molecule has 0 aliphatic carbocycles. The predicted octanol–water partition coefficient (Wildman–Crippen LogP) is 1.69.